The van der Waals surface area contributed by atoms with Crippen molar-refractivity contribution >= 4 is 59.2 Å². The number of nitrogens with one attached hydrogen (secondary N) is 4. The van der Waals surface area contributed by atoms with Gasteiger partial charge in [0.25, 0.3) is 0 Å². The predicted octanol–water partition coefficient (Wildman–Crippen LogP) is 4.38. The average Bonchev–Trinajstić information content (AvgIpc) is 3.61. The van der Waals surface area contributed by atoms with Crippen LogP contribution in [0.4, 0.5) is 5.69 Å². The number of anilines is 1. The van der Waals surface area contributed by atoms with Crippen molar-refractivity contribution in [2.75, 3.05) is 31.6 Å². The Morgan fingerprint density at radius 1 is 1.15 bits per heavy atom. The molecule has 0 radical (unpaired) electrons. The fourth-order valence-electron chi connectivity index (χ4n) is 5.17. The van der Waals surface area contributed by atoms with Gasteiger partial charge in [0.15, 0.2) is 0 Å². The molecule has 0 bridgehead atoms. The van der Waals surface area contributed by atoms with Gasteiger partial charge in [-0.15, -0.1) is 24.8 Å². The van der Waals surface area contributed by atoms with Crippen molar-refractivity contribution in [1.82, 2.24) is 20.2 Å². The molecule has 6 N–H and O–H groups in total. The molecule has 1 atom stereocenters. The maximum atomic E-state index is 13.8. The van der Waals surface area contributed by atoms with Crippen LogP contribution in [-0.4, -0.2) is 58.8 Å². The summed E-state index contributed by atoms with van der Waals surface area (Å²) < 4.78 is 5.05. The molecule has 41 heavy (non-hydrogen) atoms. The summed E-state index contributed by atoms with van der Waals surface area (Å²) in [5.41, 5.74) is 9.71. The number of aryl methyl sites for hydroxylation is 1. The number of fused-ring (bicyclic) bond motifs is 1. The number of amidine groups is 1. The van der Waals surface area contributed by atoms with Crippen LogP contribution < -0.4 is 16.4 Å². The SMILES string of the molecule is CCOC(=O)CCCNC(C)(C(=O)N1CCCC1)c1ccc2[nH]c(CNc3ccc(C(=N)N)cc3)nc2c1C.Cl.Cl. The second-order valence-corrected chi connectivity index (χ2v) is 10.1. The molecule has 0 aliphatic carbocycles. The third-order valence-corrected chi connectivity index (χ3v) is 7.31. The molecular weight excluding hydrogens is 565 g/mol. The summed E-state index contributed by atoms with van der Waals surface area (Å²) in [4.78, 5) is 35.8. The number of H-pyrrole nitrogens is 1. The molecule has 3 aromatic rings. The summed E-state index contributed by atoms with van der Waals surface area (Å²) in [7, 11) is 0. The number of nitrogens with zero attached hydrogens (tertiary/aromatic N) is 2. The fraction of sp³-hybridized carbons (Fsp3) is 0.448. The quantitative estimate of drug-likeness (QED) is 0.0889. The Bertz CT molecular complexity index is 1340. The molecule has 4 rings (SSSR count). The zero-order valence-corrected chi connectivity index (χ0v) is 25.5. The molecule has 224 valence electrons. The van der Waals surface area contributed by atoms with Crippen LogP contribution in [-0.2, 0) is 26.4 Å². The van der Waals surface area contributed by atoms with E-state index in [9.17, 15) is 9.59 Å². The van der Waals surface area contributed by atoms with Gasteiger partial charge in [0, 0.05) is 30.8 Å². The van der Waals surface area contributed by atoms with Crippen molar-refractivity contribution in [2.24, 2.45) is 5.73 Å². The van der Waals surface area contributed by atoms with E-state index in [0.29, 0.717) is 38.1 Å². The Hall–Kier alpha value is -3.34. The second kappa shape index (κ2) is 15.0. The number of rotatable bonds is 12. The number of aromatic amines is 1. The van der Waals surface area contributed by atoms with Crippen LogP contribution in [0.3, 0.4) is 0 Å². The number of nitrogen functional groups attached to an aromatic ring is 1. The van der Waals surface area contributed by atoms with E-state index in [1.54, 1.807) is 19.1 Å². The van der Waals surface area contributed by atoms with Crippen molar-refractivity contribution in [3.63, 3.8) is 0 Å². The molecule has 1 amide bonds. The predicted molar refractivity (Wildman–Crippen MR) is 167 cm³/mol. The number of amides is 1. The van der Waals surface area contributed by atoms with Crippen LogP contribution in [0.15, 0.2) is 36.4 Å². The first kappa shape index (κ1) is 33.9. The van der Waals surface area contributed by atoms with E-state index in [2.05, 4.69) is 15.6 Å². The van der Waals surface area contributed by atoms with Crippen LogP contribution in [0.5, 0.6) is 0 Å². The number of benzene rings is 2. The summed E-state index contributed by atoms with van der Waals surface area (Å²) in [5, 5.41) is 14.4. The van der Waals surface area contributed by atoms with Gasteiger partial charge in [0.2, 0.25) is 5.91 Å². The van der Waals surface area contributed by atoms with Gasteiger partial charge in [0.1, 0.15) is 17.2 Å². The van der Waals surface area contributed by atoms with Gasteiger partial charge in [0.05, 0.1) is 24.2 Å². The lowest BCUT2D eigenvalue weighted by Crippen LogP contribution is -2.53. The zero-order chi connectivity index (χ0) is 28.0. The van der Waals surface area contributed by atoms with Crippen LogP contribution in [0, 0.1) is 12.3 Å². The topological polar surface area (TPSA) is 149 Å². The van der Waals surface area contributed by atoms with Gasteiger partial charge < -0.3 is 25.7 Å². The van der Waals surface area contributed by atoms with E-state index in [4.69, 9.17) is 20.9 Å². The number of ether oxygens (including phenoxy) is 1. The molecule has 1 saturated heterocycles. The standard InChI is InChI=1S/C29H39N7O3.2ClH/c1-4-39-25(37)8-7-15-33-29(3,28(38)36-16-5-6-17-36)22-13-14-23-26(19(22)2)35-24(34-23)18-32-21-11-9-20(10-12-21)27(30)31;;/h9-14,32-33H,4-8,15-18H2,1-3H3,(H3,30,31)(H,34,35);2*1H. The summed E-state index contributed by atoms with van der Waals surface area (Å²) in [6.45, 7) is 8.60. The van der Waals surface area contributed by atoms with Crippen molar-refractivity contribution in [1.29, 1.82) is 5.41 Å². The van der Waals surface area contributed by atoms with Crippen molar-refractivity contribution in [2.45, 2.75) is 58.5 Å². The van der Waals surface area contributed by atoms with Gasteiger partial charge in [-0.2, -0.15) is 0 Å². The molecule has 0 saturated carbocycles. The highest BCUT2D eigenvalue weighted by atomic mass is 35.5. The smallest absolute Gasteiger partial charge is 0.305 e. The molecule has 12 heteroatoms. The van der Waals surface area contributed by atoms with Crippen molar-refractivity contribution in [3.05, 3.63) is 58.9 Å². The Morgan fingerprint density at radius 3 is 2.46 bits per heavy atom. The van der Waals surface area contributed by atoms with Crippen LogP contribution in [0.2, 0.25) is 0 Å². The number of likely N-dealkylation sites (tertiary alicyclic amines) is 1. The number of halogens is 2. The third kappa shape index (κ3) is 7.90. The number of carbonyl (C=O) groups is 2. The second-order valence-electron chi connectivity index (χ2n) is 10.1. The van der Waals surface area contributed by atoms with E-state index in [1.165, 1.54) is 0 Å². The average molecular weight is 607 g/mol. The number of aromatic nitrogens is 2. The Morgan fingerprint density at radius 2 is 1.83 bits per heavy atom. The largest absolute Gasteiger partial charge is 0.466 e. The maximum absolute atomic E-state index is 13.8. The minimum Gasteiger partial charge on any atom is -0.466 e. The number of nitrogens with two attached hydrogens (primary N) is 1. The lowest BCUT2D eigenvalue weighted by Gasteiger charge is -2.35. The number of carbonyl (C=O) groups excluding carboxylic acids is 2. The lowest BCUT2D eigenvalue weighted by molar-refractivity contribution is -0.143. The first-order valence-electron chi connectivity index (χ1n) is 13.6. The molecule has 1 fully saturated rings. The first-order chi connectivity index (χ1) is 18.7. The number of hydrogen-bond donors (Lipinski definition) is 5. The van der Waals surface area contributed by atoms with E-state index in [0.717, 1.165) is 59.6 Å². The molecule has 1 aliphatic heterocycles. The van der Waals surface area contributed by atoms with Gasteiger partial charge in [-0.1, -0.05) is 6.07 Å². The lowest BCUT2D eigenvalue weighted by atomic mass is 9.86. The highest BCUT2D eigenvalue weighted by Gasteiger charge is 2.40. The monoisotopic (exact) mass is 605 g/mol. The fourth-order valence-corrected chi connectivity index (χ4v) is 5.17. The molecule has 10 nitrogen and oxygen atoms in total. The van der Waals surface area contributed by atoms with Crippen molar-refractivity contribution < 1.29 is 14.3 Å². The molecule has 1 unspecified atom stereocenters. The molecule has 0 spiro atoms. The zero-order valence-electron chi connectivity index (χ0n) is 23.8. The molecule has 2 aromatic carbocycles. The highest BCUT2D eigenvalue weighted by Crippen LogP contribution is 2.32. The van der Waals surface area contributed by atoms with Crippen LogP contribution >= 0.6 is 24.8 Å². The van der Waals surface area contributed by atoms with Crippen LogP contribution in [0.25, 0.3) is 11.0 Å². The minimum absolute atomic E-state index is 0. The van der Waals surface area contributed by atoms with Gasteiger partial charge in [-0.3, -0.25) is 20.3 Å². The normalized spacial score (nSPS) is 14.1. The third-order valence-electron chi connectivity index (χ3n) is 7.31. The Labute approximate surface area is 253 Å². The number of esters is 1. The molecule has 1 aliphatic rings. The van der Waals surface area contributed by atoms with Gasteiger partial charge >= 0.3 is 5.97 Å². The van der Waals surface area contributed by atoms with Gasteiger partial charge in [-0.05, 0) is 88.0 Å². The minimum atomic E-state index is -0.951. The Balaban J connectivity index is 0.00000294. The summed E-state index contributed by atoms with van der Waals surface area (Å²) in [6, 6.07) is 11.3. The van der Waals surface area contributed by atoms with E-state index >= 15 is 0 Å². The van der Waals surface area contributed by atoms with Gasteiger partial charge in [-0.25, -0.2) is 4.98 Å². The maximum Gasteiger partial charge on any atom is 0.305 e. The molecule has 1 aromatic heterocycles. The summed E-state index contributed by atoms with van der Waals surface area (Å²) >= 11 is 0. The van der Waals surface area contributed by atoms with E-state index in [1.807, 2.05) is 43.0 Å². The summed E-state index contributed by atoms with van der Waals surface area (Å²) in [6.07, 6.45) is 2.90. The molecular formula is C29H41Cl2N7O3. The van der Waals surface area contributed by atoms with E-state index < -0.39 is 5.54 Å². The number of imidazole rings is 1. The highest BCUT2D eigenvalue weighted by molar-refractivity contribution is 5.95. The van der Waals surface area contributed by atoms with E-state index in [-0.39, 0.29) is 42.5 Å². The van der Waals surface area contributed by atoms with Crippen molar-refractivity contribution in [3.8, 4) is 0 Å². The molecule has 2 heterocycles. The number of hydrogen-bond acceptors (Lipinski definition) is 7. The first-order valence-corrected chi connectivity index (χ1v) is 13.6. The Kier molecular flexibility index (Phi) is 12.4. The van der Waals surface area contributed by atoms with Crippen LogP contribution in [0.1, 0.15) is 62.0 Å². The summed E-state index contributed by atoms with van der Waals surface area (Å²) in [5.74, 6) is 0.631.